The highest BCUT2D eigenvalue weighted by atomic mass is 32.1. The first kappa shape index (κ1) is 10.6. The summed E-state index contributed by atoms with van der Waals surface area (Å²) in [4.78, 5) is 0.988. The molecule has 0 atom stereocenters. The number of rotatable bonds is 4. The van der Waals surface area contributed by atoms with E-state index in [0.717, 1.165) is 17.7 Å². The summed E-state index contributed by atoms with van der Waals surface area (Å²) < 4.78 is 0. The SMILES string of the molecule is C=C(S)CCC1=C(CC)CCC=C1. The molecule has 0 unspecified atom stereocenters. The molecule has 0 amide bonds. The van der Waals surface area contributed by atoms with Crippen LogP contribution in [0.2, 0.25) is 0 Å². The lowest BCUT2D eigenvalue weighted by atomic mass is 9.93. The lowest BCUT2D eigenvalue weighted by molar-refractivity contribution is 0.839. The molecular weight excluding hydrogens is 176 g/mol. The van der Waals surface area contributed by atoms with Gasteiger partial charge in [-0.15, -0.1) is 12.6 Å². The van der Waals surface area contributed by atoms with Gasteiger partial charge in [0.05, 0.1) is 0 Å². The molecule has 0 heterocycles. The van der Waals surface area contributed by atoms with Crippen LogP contribution in [-0.4, -0.2) is 0 Å². The zero-order chi connectivity index (χ0) is 9.68. The van der Waals surface area contributed by atoms with Gasteiger partial charge in [0.1, 0.15) is 0 Å². The number of hydrogen-bond acceptors (Lipinski definition) is 1. The largest absolute Gasteiger partial charge is 0.148 e. The average molecular weight is 194 g/mol. The van der Waals surface area contributed by atoms with Crippen molar-refractivity contribution in [2.45, 2.75) is 39.0 Å². The molecule has 72 valence electrons. The fraction of sp³-hybridized carbons (Fsp3) is 0.500. The molecule has 0 aromatic carbocycles. The molecule has 0 spiro atoms. The van der Waals surface area contributed by atoms with Gasteiger partial charge in [-0.05, 0) is 42.6 Å². The van der Waals surface area contributed by atoms with Crippen LogP contribution in [0.5, 0.6) is 0 Å². The predicted molar refractivity (Wildman–Crippen MR) is 63.1 cm³/mol. The minimum absolute atomic E-state index is 0.988. The van der Waals surface area contributed by atoms with Crippen molar-refractivity contribution in [1.82, 2.24) is 0 Å². The molecule has 0 N–H and O–H groups in total. The lowest BCUT2D eigenvalue weighted by Crippen LogP contribution is -1.94. The maximum Gasteiger partial charge on any atom is -0.0186 e. The van der Waals surface area contributed by atoms with E-state index in [4.69, 9.17) is 0 Å². The smallest absolute Gasteiger partial charge is 0.0186 e. The van der Waals surface area contributed by atoms with Crippen molar-refractivity contribution in [2.75, 3.05) is 0 Å². The highest BCUT2D eigenvalue weighted by Gasteiger charge is 2.06. The first-order valence-electron chi connectivity index (χ1n) is 4.98. The zero-order valence-electron chi connectivity index (χ0n) is 8.34. The first-order chi connectivity index (χ1) is 6.24. The predicted octanol–water partition coefficient (Wildman–Crippen LogP) is 4.27. The molecule has 0 saturated carbocycles. The van der Waals surface area contributed by atoms with Crippen LogP contribution in [0, 0.1) is 0 Å². The summed E-state index contributed by atoms with van der Waals surface area (Å²) in [7, 11) is 0. The Labute approximate surface area is 86.8 Å². The monoisotopic (exact) mass is 194 g/mol. The van der Waals surface area contributed by atoms with Crippen LogP contribution in [-0.2, 0) is 0 Å². The summed E-state index contributed by atoms with van der Waals surface area (Å²) in [6.45, 7) is 6.05. The molecule has 0 aromatic heterocycles. The van der Waals surface area contributed by atoms with Gasteiger partial charge < -0.3 is 0 Å². The average Bonchev–Trinajstić information content (AvgIpc) is 2.15. The summed E-state index contributed by atoms with van der Waals surface area (Å²) in [6, 6.07) is 0. The van der Waals surface area contributed by atoms with Gasteiger partial charge in [-0.2, -0.15) is 0 Å². The Morgan fingerprint density at radius 1 is 1.62 bits per heavy atom. The molecular formula is C12H18S. The van der Waals surface area contributed by atoms with E-state index in [0.29, 0.717) is 0 Å². The Kier molecular flexibility index (Phi) is 4.37. The van der Waals surface area contributed by atoms with Gasteiger partial charge in [-0.1, -0.05) is 31.2 Å². The van der Waals surface area contributed by atoms with Crippen LogP contribution in [0.25, 0.3) is 0 Å². The van der Waals surface area contributed by atoms with Crippen LogP contribution >= 0.6 is 12.6 Å². The van der Waals surface area contributed by atoms with Crippen LogP contribution in [0.4, 0.5) is 0 Å². The second-order valence-electron chi connectivity index (χ2n) is 3.49. The van der Waals surface area contributed by atoms with Gasteiger partial charge in [0.2, 0.25) is 0 Å². The summed E-state index contributed by atoms with van der Waals surface area (Å²) in [6.07, 6.45) is 10.3. The Bertz CT molecular complexity index is 246. The number of thiol groups is 1. The van der Waals surface area contributed by atoms with Crippen molar-refractivity contribution in [3.05, 3.63) is 34.8 Å². The maximum atomic E-state index is 4.22. The van der Waals surface area contributed by atoms with Crippen molar-refractivity contribution in [3.63, 3.8) is 0 Å². The molecule has 1 rings (SSSR count). The molecule has 1 heteroatoms. The molecule has 0 saturated heterocycles. The van der Waals surface area contributed by atoms with E-state index >= 15 is 0 Å². The third-order valence-electron chi connectivity index (χ3n) is 2.50. The first-order valence-corrected chi connectivity index (χ1v) is 5.43. The van der Waals surface area contributed by atoms with E-state index in [1.807, 2.05) is 0 Å². The van der Waals surface area contributed by atoms with Gasteiger partial charge in [-0.3, -0.25) is 0 Å². The zero-order valence-corrected chi connectivity index (χ0v) is 9.24. The summed E-state index contributed by atoms with van der Waals surface area (Å²) in [5, 5.41) is 0. The third kappa shape index (κ3) is 3.43. The summed E-state index contributed by atoms with van der Waals surface area (Å²) >= 11 is 4.22. The standard InChI is InChI=1S/C12H18S/c1-3-11-6-4-5-7-12(11)9-8-10(2)13/h5,7,13H,2-4,6,8-9H2,1H3. The second kappa shape index (κ2) is 5.33. The van der Waals surface area contributed by atoms with E-state index in [1.54, 1.807) is 5.57 Å². The van der Waals surface area contributed by atoms with Crippen molar-refractivity contribution < 1.29 is 0 Å². The summed E-state index contributed by atoms with van der Waals surface area (Å²) in [5.41, 5.74) is 3.14. The van der Waals surface area contributed by atoms with Gasteiger partial charge >= 0.3 is 0 Å². The van der Waals surface area contributed by atoms with E-state index in [-0.39, 0.29) is 0 Å². The molecule has 0 aliphatic heterocycles. The third-order valence-corrected chi connectivity index (χ3v) is 2.72. The number of allylic oxidation sites excluding steroid dienone is 5. The van der Waals surface area contributed by atoms with E-state index in [2.05, 4.69) is 38.3 Å². The highest BCUT2D eigenvalue weighted by molar-refractivity contribution is 7.84. The van der Waals surface area contributed by atoms with Gasteiger partial charge in [-0.25, -0.2) is 0 Å². The van der Waals surface area contributed by atoms with Gasteiger partial charge in [0.25, 0.3) is 0 Å². The van der Waals surface area contributed by atoms with Gasteiger partial charge in [0, 0.05) is 0 Å². The summed E-state index contributed by atoms with van der Waals surface area (Å²) in [5.74, 6) is 0. The number of hydrogen-bond donors (Lipinski definition) is 1. The Balaban J connectivity index is 2.58. The Hall–Kier alpha value is -0.430. The van der Waals surface area contributed by atoms with Gasteiger partial charge in [0.15, 0.2) is 0 Å². The van der Waals surface area contributed by atoms with E-state index < -0.39 is 0 Å². The fourth-order valence-corrected chi connectivity index (χ4v) is 1.82. The highest BCUT2D eigenvalue weighted by Crippen LogP contribution is 2.26. The van der Waals surface area contributed by atoms with Crippen LogP contribution in [0.3, 0.4) is 0 Å². The lowest BCUT2D eigenvalue weighted by Gasteiger charge is -2.14. The van der Waals surface area contributed by atoms with Crippen molar-refractivity contribution in [1.29, 1.82) is 0 Å². The van der Waals surface area contributed by atoms with Crippen molar-refractivity contribution in [3.8, 4) is 0 Å². The molecule has 0 aromatic rings. The van der Waals surface area contributed by atoms with Crippen molar-refractivity contribution >= 4 is 12.6 Å². The maximum absolute atomic E-state index is 4.22. The molecule has 0 bridgehead atoms. The Morgan fingerprint density at radius 2 is 2.38 bits per heavy atom. The van der Waals surface area contributed by atoms with Crippen LogP contribution < -0.4 is 0 Å². The molecule has 1 aliphatic carbocycles. The molecule has 0 radical (unpaired) electrons. The molecule has 1 aliphatic rings. The minimum atomic E-state index is 0.988. The van der Waals surface area contributed by atoms with E-state index in [1.165, 1.54) is 24.8 Å². The molecule has 0 nitrogen and oxygen atoms in total. The quantitative estimate of drug-likeness (QED) is 0.635. The van der Waals surface area contributed by atoms with Crippen LogP contribution in [0.1, 0.15) is 39.0 Å². The van der Waals surface area contributed by atoms with Crippen molar-refractivity contribution in [2.24, 2.45) is 0 Å². The van der Waals surface area contributed by atoms with Crippen LogP contribution in [0.15, 0.2) is 34.8 Å². The normalized spacial score (nSPS) is 16.5. The van der Waals surface area contributed by atoms with E-state index in [9.17, 15) is 0 Å². The minimum Gasteiger partial charge on any atom is -0.148 e. The topological polar surface area (TPSA) is 0 Å². The second-order valence-corrected chi connectivity index (χ2v) is 4.12. The fourth-order valence-electron chi connectivity index (χ4n) is 1.70. The Morgan fingerprint density at radius 3 is 3.00 bits per heavy atom. The molecule has 0 fully saturated rings. The molecule has 13 heavy (non-hydrogen) atoms.